The van der Waals surface area contributed by atoms with E-state index in [-0.39, 0.29) is 11.6 Å². The molecular formula is C22H15Br2NO5. The number of furan rings is 1. The van der Waals surface area contributed by atoms with Crippen LogP contribution in [0.5, 0.6) is 11.5 Å². The molecule has 0 radical (unpaired) electrons. The fourth-order valence-electron chi connectivity index (χ4n) is 2.77. The fraction of sp³-hybridized carbons (Fsp3) is 0.0909. The summed E-state index contributed by atoms with van der Waals surface area (Å²) in [4.78, 5) is 16.4. The molecule has 1 aromatic heterocycles. The lowest BCUT2D eigenvalue weighted by atomic mass is 10.1. The van der Waals surface area contributed by atoms with E-state index in [1.807, 2.05) is 30.3 Å². The summed E-state index contributed by atoms with van der Waals surface area (Å²) >= 11 is 6.94. The molecule has 30 heavy (non-hydrogen) atoms. The van der Waals surface area contributed by atoms with Crippen molar-refractivity contribution in [3.63, 3.8) is 0 Å². The largest absolute Gasteiger partial charge is 0.493 e. The maximum atomic E-state index is 12.2. The molecule has 0 unspecified atom stereocenters. The van der Waals surface area contributed by atoms with Gasteiger partial charge in [-0.15, -0.1) is 0 Å². The summed E-state index contributed by atoms with van der Waals surface area (Å²) in [6.07, 6.45) is 3.10. The SMILES string of the molecule is COc1cc(/C=C2\N=C(c3ccco3)OC2=O)cc(Br)c1OCc1ccc(Br)cc1. The molecular weight excluding hydrogens is 518 g/mol. The highest BCUT2D eigenvalue weighted by Crippen LogP contribution is 2.38. The van der Waals surface area contributed by atoms with Gasteiger partial charge in [-0.1, -0.05) is 28.1 Å². The van der Waals surface area contributed by atoms with Crippen LogP contribution in [-0.4, -0.2) is 19.0 Å². The number of carbonyl (C=O) groups is 1. The molecule has 6 nitrogen and oxygen atoms in total. The summed E-state index contributed by atoms with van der Waals surface area (Å²) in [5.41, 5.74) is 1.89. The Balaban J connectivity index is 1.58. The molecule has 0 bridgehead atoms. The molecule has 3 aromatic rings. The summed E-state index contributed by atoms with van der Waals surface area (Å²) in [5, 5.41) is 0. The number of ether oxygens (including phenoxy) is 3. The molecule has 4 rings (SSSR count). The third kappa shape index (κ3) is 4.49. The Labute approximate surface area is 189 Å². The minimum atomic E-state index is -0.549. The highest BCUT2D eigenvalue weighted by Gasteiger charge is 2.26. The fourth-order valence-corrected chi connectivity index (χ4v) is 3.61. The van der Waals surface area contributed by atoms with E-state index in [1.54, 1.807) is 31.4 Å². The van der Waals surface area contributed by atoms with Crippen molar-refractivity contribution in [3.05, 3.63) is 86.3 Å². The molecule has 0 amide bonds. The molecule has 2 aromatic carbocycles. The molecule has 0 aliphatic carbocycles. The van der Waals surface area contributed by atoms with Gasteiger partial charge in [0.05, 0.1) is 17.8 Å². The van der Waals surface area contributed by atoms with E-state index < -0.39 is 5.97 Å². The number of benzene rings is 2. The quantitative estimate of drug-likeness (QED) is 0.299. The minimum absolute atomic E-state index is 0.136. The van der Waals surface area contributed by atoms with Crippen LogP contribution in [0.15, 0.2) is 78.8 Å². The zero-order chi connectivity index (χ0) is 21.1. The van der Waals surface area contributed by atoms with E-state index in [4.69, 9.17) is 18.6 Å². The Morgan fingerprint density at radius 1 is 1.13 bits per heavy atom. The Kier molecular flexibility index (Phi) is 6.06. The summed E-state index contributed by atoms with van der Waals surface area (Å²) in [5.74, 6) is 1.07. The van der Waals surface area contributed by atoms with Gasteiger partial charge in [-0.2, -0.15) is 0 Å². The van der Waals surface area contributed by atoms with Gasteiger partial charge in [0, 0.05) is 4.47 Å². The standard InChI is InChI=1S/C22H15Br2NO5/c1-27-19-11-14(10-17-22(26)30-21(25-17)18-3-2-8-28-18)9-16(24)20(19)29-12-13-4-6-15(23)7-5-13/h2-11H,12H2,1H3/b17-10-. The van der Waals surface area contributed by atoms with Crippen LogP contribution in [-0.2, 0) is 16.1 Å². The average molecular weight is 533 g/mol. The van der Waals surface area contributed by atoms with Gasteiger partial charge in [-0.3, -0.25) is 0 Å². The number of esters is 1. The third-order valence-electron chi connectivity index (χ3n) is 4.20. The van der Waals surface area contributed by atoms with Gasteiger partial charge in [0.25, 0.3) is 5.90 Å². The van der Waals surface area contributed by atoms with E-state index in [9.17, 15) is 4.79 Å². The number of cyclic esters (lactones) is 1. The van der Waals surface area contributed by atoms with E-state index in [2.05, 4.69) is 36.9 Å². The van der Waals surface area contributed by atoms with Crippen LogP contribution in [0.1, 0.15) is 16.9 Å². The van der Waals surface area contributed by atoms with Gasteiger partial charge in [0.1, 0.15) is 6.61 Å². The highest BCUT2D eigenvalue weighted by molar-refractivity contribution is 9.10. The van der Waals surface area contributed by atoms with Crippen molar-refractivity contribution in [2.24, 2.45) is 4.99 Å². The second-order valence-corrected chi connectivity index (χ2v) is 8.03. The molecule has 0 saturated heterocycles. The predicted molar refractivity (Wildman–Crippen MR) is 118 cm³/mol. The number of methoxy groups -OCH3 is 1. The number of carbonyl (C=O) groups excluding carboxylic acids is 1. The second kappa shape index (κ2) is 8.89. The maximum absolute atomic E-state index is 12.2. The van der Waals surface area contributed by atoms with Gasteiger partial charge in [0.2, 0.25) is 0 Å². The molecule has 0 atom stereocenters. The molecule has 0 fully saturated rings. The first kappa shape index (κ1) is 20.4. The monoisotopic (exact) mass is 531 g/mol. The highest BCUT2D eigenvalue weighted by atomic mass is 79.9. The zero-order valence-electron chi connectivity index (χ0n) is 15.7. The van der Waals surface area contributed by atoms with Crippen LogP contribution < -0.4 is 9.47 Å². The van der Waals surface area contributed by atoms with E-state index in [0.29, 0.717) is 33.9 Å². The minimum Gasteiger partial charge on any atom is -0.493 e. The van der Waals surface area contributed by atoms with Crippen LogP contribution in [0, 0.1) is 0 Å². The van der Waals surface area contributed by atoms with E-state index >= 15 is 0 Å². The Morgan fingerprint density at radius 2 is 1.93 bits per heavy atom. The molecule has 1 aliphatic rings. The van der Waals surface area contributed by atoms with Crippen molar-refractivity contribution < 1.29 is 23.4 Å². The summed E-state index contributed by atoms with van der Waals surface area (Å²) in [6.45, 7) is 0.381. The van der Waals surface area contributed by atoms with Crippen molar-refractivity contribution in [1.29, 1.82) is 0 Å². The van der Waals surface area contributed by atoms with Crippen LogP contribution in [0.25, 0.3) is 6.08 Å². The molecule has 1 aliphatic heterocycles. The van der Waals surface area contributed by atoms with Gasteiger partial charge < -0.3 is 18.6 Å². The number of nitrogens with zero attached hydrogens (tertiary/aromatic N) is 1. The van der Waals surface area contributed by atoms with Crippen molar-refractivity contribution >= 4 is 49.8 Å². The lowest BCUT2D eigenvalue weighted by molar-refractivity contribution is -0.130. The van der Waals surface area contributed by atoms with Crippen molar-refractivity contribution in [2.75, 3.05) is 7.11 Å². The number of rotatable bonds is 6. The van der Waals surface area contributed by atoms with E-state index in [0.717, 1.165) is 10.0 Å². The molecule has 2 heterocycles. The Hall–Kier alpha value is -2.84. The average Bonchev–Trinajstić information content (AvgIpc) is 3.38. The number of aliphatic imine (C=N–C) groups is 1. The second-order valence-electron chi connectivity index (χ2n) is 6.26. The summed E-state index contributed by atoms with van der Waals surface area (Å²) in [7, 11) is 1.56. The van der Waals surface area contributed by atoms with Crippen molar-refractivity contribution in [2.45, 2.75) is 6.61 Å². The summed E-state index contributed by atoms with van der Waals surface area (Å²) < 4.78 is 23.5. The third-order valence-corrected chi connectivity index (χ3v) is 5.32. The Morgan fingerprint density at radius 3 is 2.63 bits per heavy atom. The first-order chi connectivity index (χ1) is 14.5. The first-order valence-corrected chi connectivity index (χ1v) is 10.4. The normalized spacial score (nSPS) is 14.6. The van der Waals surface area contributed by atoms with Crippen molar-refractivity contribution in [3.8, 4) is 11.5 Å². The Bertz CT molecular complexity index is 1140. The van der Waals surface area contributed by atoms with Gasteiger partial charge >= 0.3 is 5.97 Å². The maximum Gasteiger partial charge on any atom is 0.363 e. The lowest BCUT2D eigenvalue weighted by Gasteiger charge is -2.14. The van der Waals surface area contributed by atoms with Crippen LogP contribution in [0.3, 0.4) is 0 Å². The van der Waals surface area contributed by atoms with Gasteiger partial charge in [-0.05, 0) is 69.5 Å². The van der Waals surface area contributed by atoms with Gasteiger partial charge in [0.15, 0.2) is 23.0 Å². The molecule has 0 N–H and O–H groups in total. The number of hydrogen-bond donors (Lipinski definition) is 0. The number of hydrogen-bond acceptors (Lipinski definition) is 6. The first-order valence-electron chi connectivity index (χ1n) is 8.84. The zero-order valence-corrected chi connectivity index (χ0v) is 18.9. The van der Waals surface area contributed by atoms with E-state index in [1.165, 1.54) is 6.26 Å². The molecule has 0 saturated carbocycles. The lowest BCUT2D eigenvalue weighted by Crippen LogP contribution is -2.04. The van der Waals surface area contributed by atoms with Crippen LogP contribution in [0.4, 0.5) is 0 Å². The van der Waals surface area contributed by atoms with Crippen LogP contribution >= 0.6 is 31.9 Å². The predicted octanol–water partition coefficient (Wildman–Crippen LogP) is 5.74. The van der Waals surface area contributed by atoms with Crippen molar-refractivity contribution in [1.82, 2.24) is 0 Å². The molecule has 8 heteroatoms. The summed E-state index contributed by atoms with van der Waals surface area (Å²) in [6, 6.07) is 14.8. The topological polar surface area (TPSA) is 70.3 Å². The smallest absolute Gasteiger partial charge is 0.363 e. The number of halogens is 2. The van der Waals surface area contributed by atoms with Crippen LogP contribution in [0.2, 0.25) is 0 Å². The van der Waals surface area contributed by atoms with Gasteiger partial charge in [-0.25, -0.2) is 9.79 Å². The molecule has 0 spiro atoms. The molecule has 152 valence electrons.